The summed E-state index contributed by atoms with van der Waals surface area (Å²) in [5, 5.41) is 18.7. The Hall–Kier alpha value is -3.58. The monoisotopic (exact) mass is 322 g/mol. The van der Waals surface area contributed by atoms with Crippen molar-refractivity contribution in [2.45, 2.75) is 20.8 Å². The van der Waals surface area contributed by atoms with Gasteiger partial charge in [0, 0.05) is 12.5 Å². The summed E-state index contributed by atoms with van der Waals surface area (Å²) in [5.74, 6) is -0.215. The standard InChI is InChI=1S/C17H14N4O3/c1-8-4-11(24-10(3)22)5-9(2)14(8)15-12(6-18)16(20)21-17(23)13(15)7-19/h4-5H,1-3H3,(H3,20,21,23). The zero-order valence-electron chi connectivity index (χ0n) is 13.4. The molecule has 0 spiro atoms. The highest BCUT2D eigenvalue weighted by Gasteiger charge is 2.21. The normalized spacial score (nSPS) is 9.88. The van der Waals surface area contributed by atoms with Gasteiger partial charge in [0.05, 0.1) is 0 Å². The summed E-state index contributed by atoms with van der Waals surface area (Å²) < 4.78 is 5.07. The first kappa shape index (κ1) is 16.8. The van der Waals surface area contributed by atoms with Crippen molar-refractivity contribution in [3.8, 4) is 29.0 Å². The van der Waals surface area contributed by atoms with Crippen LogP contribution in [0.4, 0.5) is 5.82 Å². The molecule has 0 aliphatic rings. The summed E-state index contributed by atoms with van der Waals surface area (Å²) in [6.45, 7) is 4.75. The van der Waals surface area contributed by atoms with E-state index in [0.29, 0.717) is 22.4 Å². The van der Waals surface area contributed by atoms with E-state index < -0.39 is 11.5 Å². The molecule has 0 saturated carbocycles. The smallest absolute Gasteiger partial charge is 0.308 e. The number of nitrogens with zero attached hydrogens (tertiary/aromatic N) is 2. The molecule has 3 N–H and O–H groups in total. The van der Waals surface area contributed by atoms with Crippen molar-refractivity contribution in [3.63, 3.8) is 0 Å². The minimum atomic E-state index is -0.660. The van der Waals surface area contributed by atoms with E-state index in [0.717, 1.165) is 0 Å². The number of carbonyl (C=O) groups excluding carboxylic acids is 1. The number of carbonyl (C=O) groups is 1. The lowest BCUT2D eigenvalue weighted by Gasteiger charge is -2.15. The number of nitrogen functional groups attached to an aromatic ring is 1. The molecule has 7 heteroatoms. The zero-order valence-corrected chi connectivity index (χ0v) is 13.4. The molecule has 120 valence electrons. The number of aryl methyl sites for hydroxylation is 2. The Morgan fingerprint density at radius 2 is 1.67 bits per heavy atom. The maximum atomic E-state index is 12.0. The Balaban J connectivity index is 2.88. The summed E-state index contributed by atoms with van der Waals surface area (Å²) in [6, 6.07) is 6.96. The van der Waals surface area contributed by atoms with Crippen LogP contribution in [-0.2, 0) is 4.79 Å². The second-order valence-corrected chi connectivity index (χ2v) is 5.24. The Morgan fingerprint density at radius 1 is 1.12 bits per heavy atom. The van der Waals surface area contributed by atoms with Gasteiger partial charge in [0.15, 0.2) is 0 Å². The second kappa shape index (κ2) is 6.27. The molecule has 7 nitrogen and oxygen atoms in total. The number of hydrogen-bond donors (Lipinski definition) is 2. The van der Waals surface area contributed by atoms with Crippen LogP contribution in [0.5, 0.6) is 5.75 Å². The Bertz CT molecular complexity index is 968. The molecule has 0 bridgehead atoms. The van der Waals surface area contributed by atoms with Crippen molar-refractivity contribution < 1.29 is 9.53 Å². The number of H-pyrrole nitrogens is 1. The topological polar surface area (TPSA) is 133 Å². The number of esters is 1. The summed E-state index contributed by atoms with van der Waals surface area (Å²) >= 11 is 0. The number of anilines is 1. The number of benzene rings is 1. The van der Waals surface area contributed by atoms with Crippen LogP contribution in [0.3, 0.4) is 0 Å². The van der Waals surface area contributed by atoms with Crippen molar-refractivity contribution in [1.82, 2.24) is 4.98 Å². The van der Waals surface area contributed by atoms with Gasteiger partial charge in [-0.2, -0.15) is 10.5 Å². The molecule has 2 rings (SSSR count). The summed E-state index contributed by atoms with van der Waals surface area (Å²) in [6.07, 6.45) is 0. The van der Waals surface area contributed by atoms with Gasteiger partial charge in [-0.25, -0.2) is 0 Å². The third kappa shape index (κ3) is 2.83. The van der Waals surface area contributed by atoms with Crippen LogP contribution in [0.2, 0.25) is 0 Å². The fourth-order valence-electron chi connectivity index (χ4n) is 2.64. The van der Waals surface area contributed by atoms with Gasteiger partial charge >= 0.3 is 5.97 Å². The largest absolute Gasteiger partial charge is 0.427 e. The third-order valence-electron chi connectivity index (χ3n) is 3.49. The number of nitrogens with one attached hydrogen (secondary N) is 1. The highest BCUT2D eigenvalue weighted by molar-refractivity contribution is 5.84. The van der Waals surface area contributed by atoms with E-state index in [1.165, 1.54) is 6.92 Å². The van der Waals surface area contributed by atoms with E-state index in [2.05, 4.69) is 4.98 Å². The third-order valence-corrected chi connectivity index (χ3v) is 3.49. The SMILES string of the molecule is CC(=O)Oc1cc(C)c(-c2c(C#N)c(N)[nH]c(=O)c2C#N)c(C)c1. The number of rotatable bonds is 2. The summed E-state index contributed by atoms with van der Waals surface area (Å²) in [7, 11) is 0. The Labute approximate surface area is 137 Å². The highest BCUT2D eigenvalue weighted by Crippen LogP contribution is 2.35. The van der Waals surface area contributed by atoms with Gasteiger partial charge in [-0.1, -0.05) is 0 Å². The average Bonchev–Trinajstić information content (AvgIpc) is 2.45. The van der Waals surface area contributed by atoms with E-state index >= 15 is 0 Å². The van der Waals surface area contributed by atoms with Crippen LogP contribution in [-0.4, -0.2) is 11.0 Å². The predicted octanol–water partition coefficient (Wildman–Crippen LogP) is 1.91. The molecule has 0 aliphatic carbocycles. The Morgan fingerprint density at radius 3 is 2.12 bits per heavy atom. The van der Waals surface area contributed by atoms with Gasteiger partial charge in [0.1, 0.15) is 34.8 Å². The molecular weight excluding hydrogens is 308 g/mol. The van der Waals surface area contributed by atoms with Crippen LogP contribution in [0.15, 0.2) is 16.9 Å². The zero-order chi connectivity index (χ0) is 18.0. The van der Waals surface area contributed by atoms with Crippen LogP contribution < -0.4 is 16.0 Å². The molecule has 1 heterocycles. The number of ether oxygens (including phenoxy) is 1. The number of aromatic amines is 1. The highest BCUT2D eigenvalue weighted by atomic mass is 16.5. The molecular formula is C17H14N4O3. The first-order chi connectivity index (χ1) is 11.3. The minimum Gasteiger partial charge on any atom is -0.427 e. The fraction of sp³-hybridized carbons (Fsp3) is 0.176. The lowest BCUT2D eigenvalue weighted by Crippen LogP contribution is -2.17. The van der Waals surface area contributed by atoms with Gasteiger partial charge in [0.2, 0.25) is 0 Å². The van der Waals surface area contributed by atoms with Gasteiger partial charge in [-0.05, 0) is 42.7 Å². The van der Waals surface area contributed by atoms with E-state index in [-0.39, 0.29) is 22.5 Å². The predicted molar refractivity (Wildman–Crippen MR) is 87.1 cm³/mol. The lowest BCUT2D eigenvalue weighted by molar-refractivity contribution is -0.131. The van der Waals surface area contributed by atoms with Gasteiger partial charge < -0.3 is 15.5 Å². The number of hydrogen-bond acceptors (Lipinski definition) is 6. The van der Waals surface area contributed by atoms with Crippen LogP contribution in [0.1, 0.15) is 29.2 Å². The van der Waals surface area contributed by atoms with Crippen molar-refractivity contribution >= 4 is 11.8 Å². The Kier molecular flexibility index (Phi) is 4.38. The maximum absolute atomic E-state index is 12.0. The number of aromatic nitrogens is 1. The van der Waals surface area contributed by atoms with Gasteiger partial charge in [-0.3, -0.25) is 9.59 Å². The molecule has 0 unspecified atom stereocenters. The van der Waals surface area contributed by atoms with E-state index in [1.807, 2.05) is 12.1 Å². The van der Waals surface area contributed by atoms with Crippen molar-refractivity contribution in [3.05, 3.63) is 44.7 Å². The molecule has 1 aromatic heterocycles. The van der Waals surface area contributed by atoms with E-state index in [4.69, 9.17) is 10.5 Å². The first-order valence-electron chi connectivity index (χ1n) is 6.96. The second-order valence-electron chi connectivity index (χ2n) is 5.24. The average molecular weight is 322 g/mol. The molecule has 0 aliphatic heterocycles. The molecule has 1 aromatic carbocycles. The molecule has 0 fully saturated rings. The molecule has 2 aromatic rings. The first-order valence-corrected chi connectivity index (χ1v) is 6.96. The molecule has 0 atom stereocenters. The van der Waals surface area contributed by atoms with Crippen LogP contribution in [0, 0.1) is 36.5 Å². The van der Waals surface area contributed by atoms with Crippen molar-refractivity contribution in [2.24, 2.45) is 0 Å². The molecule has 0 radical (unpaired) electrons. The number of nitrogens with two attached hydrogens (primary N) is 1. The number of nitriles is 2. The quantitative estimate of drug-likeness (QED) is 0.641. The maximum Gasteiger partial charge on any atom is 0.308 e. The molecule has 0 amide bonds. The minimum absolute atomic E-state index is 0.0255. The molecule has 24 heavy (non-hydrogen) atoms. The molecule has 0 saturated heterocycles. The van der Waals surface area contributed by atoms with Gasteiger partial charge in [0.25, 0.3) is 5.56 Å². The number of pyridine rings is 1. The van der Waals surface area contributed by atoms with Gasteiger partial charge in [-0.15, -0.1) is 0 Å². The van der Waals surface area contributed by atoms with E-state index in [9.17, 15) is 20.1 Å². The van der Waals surface area contributed by atoms with Crippen molar-refractivity contribution in [1.29, 1.82) is 10.5 Å². The summed E-state index contributed by atoms with van der Waals surface area (Å²) in [4.78, 5) is 25.4. The van der Waals surface area contributed by atoms with Crippen LogP contribution in [0.25, 0.3) is 11.1 Å². The summed E-state index contributed by atoms with van der Waals surface area (Å²) in [5.41, 5.74) is 6.92. The lowest BCUT2D eigenvalue weighted by atomic mass is 9.90. The van der Waals surface area contributed by atoms with Crippen molar-refractivity contribution in [2.75, 3.05) is 5.73 Å². The fourth-order valence-corrected chi connectivity index (χ4v) is 2.64. The van der Waals surface area contributed by atoms with Crippen LogP contribution >= 0.6 is 0 Å². The van der Waals surface area contributed by atoms with E-state index in [1.54, 1.807) is 26.0 Å².